The SMILES string of the molecule is [2H]C1C(=O)N([2H])c2ccc(CC(=O)O)cc21. The molecule has 0 saturated carbocycles. The van der Waals surface area contributed by atoms with E-state index in [-0.39, 0.29) is 6.42 Å². The van der Waals surface area contributed by atoms with Crippen molar-refractivity contribution in [2.45, 2.75) is 12.8 Å². The number of benzene rings is 1. The first-order valence-electron chi connectivity index (χ1n) is 5.13. The number of rotatable bonds is 2. The fourth-order valence-electron chi connectivity index (χ4n) is 1.39. The maximum absolute atomic E-state index is 11.3. The van der Waals surface area contributed by atoms with E-state index in [4.69, 9.17) is 7.89 Å². The van der Waals surface area contributed by atoms with Crippen molar-refractivity contribution in [2.24, 2.45) is 0 Å². The third kappa shape index (κ3) is 1.59. The van der Waals surface area contributed by atoms with Gasteiger partial charge in [-0.05, 0) is 17.2 Å². The smallest absolute Gasteiger partial charge is 0.307 e. The Morgan fingerprint density at radius 2 is 2.50 bits per heavy atom. The summed E-state index contributed by atoms with van der Waals surface area (Å²) in [5.74, 6) is -1.57. The molecule has 1 aliphatic rings. The van der Waals surface area contributed by atoms with Crippen LogP contribution >= 0.6 is 0 Å². The number of hydrogen-bond acceptors (Lipinski definition) is 2. The summed E-state index contributed by atoms with van der Waals surface area (Å²) in [6, 6.07) is 4.57. The lowest BCUT2D eigenvalue weighted by Crippen LogP contribution is -2.03. The summed E-state index contributed by atoms with van der Waals surface area (Å²) in [7, 11) is 0. The van der Waals surface area contributed by atoms with Crippen LogP contribution < -0.4 is 5.31 Å². The van der Waals surface area contributed by atoms with Gasteiger partial charge in [-0.25, -0.2) is 0 Å². The van der Waals surface area contributed by atoms with Gasteiger partial charge in [0.05, 0.1) is 12.8 Å². The van der Waals surface area contributed by atoms with E-state index in [1.165, 1.54) is 12.1 Å². The number of carbonyl (C=O) groups excluding carboxylic acids is 1. The van der Waals surface area contributed by atoms with Crippen LogP contribution in [0.15, 0.2) is 18.2 Å². The zero-order valence-corrected chi connectivity index (χ0v) is 7.23. The third-order valence-corrected chi connectivity index (χ3v) is 1.96. The normalized spacial score (nSPS) is 21.6. The minimum absolute atomic E-state index is 0.147. The maximum atomic E-state index is 11.3. The van der Waals surface area contributed by atoms with Crippen molar-refractivity contribution in [3.05, 3.63) is 29.3 Å². The minimum Gasteiger partial charge on any atom is -0.481 e. The molecule has 2 rings (SSSR count). The molecule has 14 heavy (non-hydrogen) atoms. The van der Waals surface area contributed by atoms with Gasteiger partial charge in [0.15, 0.2) is 1.41 Å². The Balaban J connectivity index is 2.41. The molecule has 0 saturated heterocycles. The average Bonchev–Trinajstić information content (AvgIpc) is 2.43. The Hall–Kier alpha value is -1.84. The Morgan fingerprint density at radius 3 is 3.21 bits per heavy atom. The van der Waals surface area contributed by atoms with Crippen LogP contribution in [-0.2, 0) is 22.4 Å². The highest BCUT2D eigenvalue weighted by Crippen LogP contribution is 2.23. The van der Waals surface area contributed by atoms with E-state index in [1.807, 2.05) is 0 Å². The van der Waals surface area contributed by atoms with Crippen LogP contribution in [-0.4, -0.2) is 17.0 Å². The summed E-state index contributed by atoms with van der Waals surface area (Å²) in [5.41, 5.74) is 1.30. The van der Waals surface area contributed by atoms with E-state index in [1.54, 1.807) is 6.07 Å². The lowest BCUT2D eigenvalue weighted by Gasteiger charge is -2.00. The van der Waals surface area contributed by atoms with Crippen LogP contribution in [0.4, 0.5) is 5.69 Å². The standard InChI is InChI=1S/C10H9NO3/c12-9-5-7-3-6(4-10(13)14)1-2-8(7)11-9/h1-3H,4-5H2,(H,11,12)(H,13,14)/i5D/hD. The van der Waals surface area contributed by atoms with Crippen LogP contribution in [0.3, 0.4) is 0 Å². The molecule has 0 fully saturated rings. The van der Waals surface area contributed by atoms with Gasteiger partial charge in [-0.1, -0.05) is 12.1 Å². The molecule has 2 N–H and O–H groups in total. The molecule has 1 amide bonds. The first kappa shape index (κ1) is 6.59. The van der Waals surface area contributed by atoms with E-state index < -0.39 is 18.3 Å². The number of carboxylic acids is 1. The van der Waals surface area contributed by atoms with Crippen molar-refractivity contribution in [1.29, 1.82) is 0 Å². The van der Waals surface area contributed by atoms with Crippen molar-refractivity contribution < 1.29 is 17.5 Å². The number of aliphatic carboxylic acids is 1. The number of amides is 1. The van der Waals surface area contributed by atoms with Crippen molar-refractivity contribution >= 4 is 17.6 Å². The molecule has 1 aromatic carbocycles. The summed E-state index contributed by atoms with van der Waals surface area (Å²) in [4.78, 5) is 21.8. The topological polar surface area (TPSA) is 66.4 Å². The zero-order valence-electron chi connectivity index (χ0n) is 9.23. The quantitative estimate of drug-likeness (QED) is 0.730. The van der Waals surface area contributed by atoms with E-state index in [0.717, 1.165) is 0 Å². The van der Waals surface area contributed by atoms with Crippen LogP contribution in [0, 0.1) is 0 Å². The number of carbonyl (C=O) groups is 2. The summed E-state index contributed by atoms with van der Waals surface area (Å²) < 4.78 is 15.0. The van der Waals surface area contributed by atoms with Gasteiger partial charge in [-0.3, -0.25) is 9.59 Å². The fourth-order valence-corrected chi connectivity index (χ4v) is 1.39. The van der Waals surface area contributed by atoms with Gasteiger partial charge >= 0.3 is 5.97 Å². The Bertz CT molecular complexity index is 475. The van der Waals surface area contributed by atoms with Crippen molar-refractivity contribution in [1.82, 2.24) is 0 Å². The highest BCUT2D eigenvalue weighted by atomic mass is 16.4. The van der Waals surface area contributed by atoms with E-state index in [2.05, 4.69) is 0 Å². The molecule has 4 heteroatoms. The van der Waals surface area contributed by atoms with Gasteiger partial charge < -0.3 is 10.4 Å². The summed E-state index contributed by atoms with van der Waals surface area (Å²) in [5, 5.41) is 9.30. The van der Waals surface area contributed by atoms with Crippen molar-refractivity contribution in [2.75, 3.05) is 5.31 Å². The predicted molar refractivity (Wildman–Crippen MR) is 50.1 cm³/mol. The monoisotopic (exact) mass is 193 g/mol. The molecule has 0 spiro atoms. The van der Waals surface area contributed by atoms with Gasteiger partial charge in [0, 0.05) is 7.06 Å². The molecule has 1 atom stereocenters. The summed E-state index contributed by atoms with van der Waals surface area (Å²) >= 11 is 0. The van der Waals surface area contributed by atoms with E-state index >= 15 is 0 Å². The molecule has 0 aliphatic carbocycles. The second-order valence-electron chi connectivity index (χ2n) is 3.06. The largest absolute Gasteiger partial charge is 0.481 e. The lowest BCUT2D eigenvalue weighted by atomic mass is 10.1. The molecule has 1 aliphatic heterocycles. The molecular weight excluding hydrogens is 182 g/mol. The van der Waals surface area contributed by atoms with Gasteiger partial charge in [0.2, 0.25) is 5.91 Å². The summed E-state index contributed by atoms with van der Waals surface area (Å²) in [6.45, 7) is 0. The molecule has 0 aromatic heterocycles. The molecule has 1 heterocycles. The lowest BCUT2D eigenvalue weighted by molar-refractivity contribution is -0.136. The number of hydrogen-bond donors (Lipinski definition) is 2. The highest BCUT2D eigenvalue weighted by Gasteiger charge is 2.17. The maximum Gasteiger partial charge on any atom is 0.307 e. The number of anilines is 1. The first-order valence-corrected chi connectivity index (χ1v) is 4.10. The van der Waals surface area contributed by atoms with Crippen LogP contribution in [0.2, 0.25) is 1.41 Å². The zero-order chi connectivity index (χ0) is 11.9. The van der Waals surface area contributed by atoms with Gasteiger partial charge in [-0.15, -0.1) is 0 Å². The predicted octanol–water partition coefficient (Wildman–Crippen LogP) is 0.808. The number of carboxylic acid groups (broad SMARTS) is 1. The van der Waals surface area contributed by atoms with Crippen LogP contribution in [0.25, 0.3) is 0 Å². The highest BCUT2D eigenvalue weighted by molar-refractivity contribution is 5.99. The second-order valence-corrected chi connectivity index (χ2v) is 3.06. The third-order valence-electron chi connectivity index (χ3n) is 1.96. The molecule has 4 nitrogen and oxygen atoms in total. The van der Waals surface area contributed by atoms with Crippen LogP contribution in [0.1, 0.15) is 12.5 Å². The van der Waals surface area contributed by atoms with Gasteiger partial charge in [0.1, 0.15) is 0 Å². The molecule has 0 bridgehead atoms. The average molecular weight is 193 g/mol. The second kappa shape index (κ2) is 3.14. The van der Waals surface area contributed by atoms with Gasteiger partial charge in [0.25, 0.3) is 0 Å². The van der Waals surface area contributed by atoms with E-state index in [9.17, 15) is 9.59 Å². The molecule has 1 unspecified atom stereocenters. The van der Waals surface area contributed by atoms with E-state index in [0.29, 0.717) is 22.1 Å². The Kier molecular flexibility index (Phi) is 1.48. The van der Waals surface area contributed by atoms with Gasteiger partial charge in [-0.2, -0.15) is 0 Å². The Labute approximate surface area is 83.4 Å². The molecule has 1 aromatic rings. The first-order chi connectivity index (χ1) is 7.50. The minimum atomic E-state index is -1.11. The number of nitrogens with one attached hydrogen (secondary N) is 1. The summed E-state index contributed by atoms with van der Waals surface area (Å²) in [6.07, 6.45) is -1.26. The molecule has 72 valence electrons. The Morgan fingerprint density at radius 1 is 1.71 bits per heavy atom. The fraction of sp³-hybridized carbons (Fsp3) is 0.200. The number of fused-ring (bicyclic) bond motifs is 1. The van der Waals surface area contributed by atoms with Crippen molar-refractivity contribution in [3.63, 3.8) is 0 Å². The molecular formula is C10H9NO3. The molecule has 0 radical (unpaired) electrons. The van der Waals surface area contributed by atoms with Crippen LogP contribution in [0.5, 0.6) is 0 Å². The van der Waals surface area contributed by atoms with Crippen molar-refractivity contribution in [3.8, 4) is 0 Å².